The Bertz CT molecular complexity index is 443. The third kappa shape index (κ3) is 4.49. The Morgan fingerprint density at radius 1 is 1.33 bits per heavy atom. The first-order chi connectivity index (χ1) is 10.0. The van der Waals surface area contributed by atoms with Crippen LogP contribution in [0.3, 0.4) is 0 Å². The number of aryl methyl sites for hydroxylation is 1. The van der Waals surface area contributed by atoms with Crippen molar-refractivity contribution in [1.29, 1.82) is 0 Å². The number of hydrogen-bond acceptors (Lipinski definition) is 5. The standard InChI is InChI=1S/C16H30N4S/c1-6-7-13-15(10-17-12(2)3)21-16(18-13)14-11-19(4)8-9-20(14)5/h12,14,17H,6-11H2,1-5H3. The zero-order valence-electron chi connectivity index (χ0n) is 14.1. The smallest absolute Gasteiger partial charge is 0.112 e. The van der Waals surface area contributed by atoms with Gasteiger partial charge in [-0.15, -0.1) is 11.3 Å². The zero-order chi connectivity index (χ0) is 15.4. The molecule has 1 aliphatic heterocycles. The predicted octanol–water partition coefficient (Wildman–Crippen LogP) is 2.51. The van der Waals surface area contributed by atoms with Gasteiger partial charge in [-0.2, -0.15) is 0 Å². The number of rotatable bonds is 6. The van der Waals surface area contributed by atoms with Crippen LogP contribution in [0.25, 0.3) is 0 Å². The minimum absolute atomic E-state index is 0.456. The third-order valence-electron chi connectivity index (χ3n) is 4.09. The SMILES string of the molecule is CCCc1nc(C2CN(C)CCN2C)sc1CNC(C)C. The monoisotopic (exact) mass is 310 g/mol. The molecule has 0 amide bonds. The van der Waals surface area contributed by atoms with Crippen LogP contribution in [0.5, 0.6) is 0 Å². The highest BCUT2D eigenvalue weighted by molar-refractivity contribution is 7.11. The molecule has 1 N–H and O–H groups in total. The topological polar surface area (TPSA) is 31.4 Å². The average molecular weight is 311 g/mol. The van der Waals surface area contributed by atoms with Gasteiger partial charge in [0.05, 0.1) is 11.7 Å². The van der Waals surface area contributed by atoms with Gasteiger partial charge in [0.15, 0.2) is 0 Å². The fourth-order valence-electron chi connectivity index (χ4n) is 2.69. The lowest BCUT2D eigenvalue weighted by molar-refractivity contribution is 0.115. The molecule has 0 bridgehead atoms. The van der Waals surface area contributed by atoms with Gasteiger partial charge < -0.3 is 10.2 Å². The van der Waals surface area contributed by atoms with Crippen molar-refractivity contribution < 1.29 is 0 Å². The third-order valence-corrected chi connectivity index (χ3v) is 5.29. The van der Waals surface area contributed by atoms with Crippen LogP contribution in [0.2, 0.25) is 0 Å². The van der Waals surface area contributed by atoms with Gasteiger partial charge in [0, 0.05) is 37.1 Å². The summed E-state index contributed by atoms with van der Waals surface area (Å²) in [6.45, 7) is 11.0. The van der Waals surface area contributed by atoms with Crippen molar-refractivity contribution in [3.8, 4) is 0 Å². The van der Waals surface area contributed by atoms with Crippen LogP contribution in [0.4, 0.5) is 0 Å². The largest absolute Gasteiger partial charge is 0.310 e. The molecule has 0 spiro atoms. The van der Waals surface area contributed by atoms with Gasteiger partial charge in [0.25, 0.3) is 0 Å². The number of likely N-dealkylation sites (N-methyl/N-ethyl adjacent to an activating group) is 2. The summed E-state index contributed by atoms with van der Waals surface area (Å²) in [5.74, 6) is 0. The van der Waals surface area contributed by atoms with Crippen LogP contribution in [-0.4, -0.2) is 54.6 Å². The van der Waals surface area contributed by atoms with Gasteiger partial charge in [0.1, 0.15) is 5.01 Å². The fraction of sp³-hybridized carbons (Fsp3) is 0.812. The maximum atomic E-state index is 5.00. The van der Waals surface area contributed by atoms with Crippen molar-refractivity contribution in [2.45, 2.75) is 52.2 Å². The Labute approximate surface area is 133 Å². The summed E-state index contributed by atoms with van der Waals surface area (Å²) in [4.78, 5) is 11.3. The minimum Gasteiger partial charge on any atom is -0.310 e. The predicted molar refractivity (Wildman–Crippen MR) is 91.0 cm³/mol. The highest BCUT2D eigenvalue weighted by atomic mass is 32.1. The molecule has 1 aliphatic rings. The molecule has 5 heteroatoms. The molecule has 21 heavy (non-hydrogen) atoms. The molecule has 0 radical (unpaired) electrons. The minimum atomic E-state index is 0.456. The van der Waals surface area contributed by atoms with Gasteiger partial charge in [-0.1, -0.05) is 27.2 Å². The molecule has 1 aromatic rings. The zero-order valence-corrected chi connectivity index (χ0v) is 15.0. The number of aromatic nitrogens is 1. The van der Waals surface area contributed by atoms with E-state index in [9.17, 15) is 0 Å². The van der Waals surface area contributed by atoms with Gasteiger partial charge in [-0.3, -0.25) is 4.90 Å². The van der Waals surface area contributed by atoms with Crippen molar-refractivity contribution in [2.75, 3.05) is 33.7 Å². The van der Waals surface area contributed by atoms with E-state index in [2.05, 4.69) is 50.0 Å². The van der Waals surface area contributed by atoms with Gasteiger partial charge in [-0.05, 0) is 20.5 Å². The summed E-state index contributed by atoms with van der Waals surface area (Å²) in [7, 11) is 4.44. The summed E-state index contributed by atoms with van der Waals surface area (Å²) in [6, 6.07) is 0.977. The van der Waals surface area contributed by atoms with Crippen LogP contribution < -0.4 is 5.32 Å². The van der Waals surface area contributed by atoms with E-state index in [1.165, 1.54) is 15.6 Å². The molecule has 1 aromatic heterocycles. The van der Waals surface area contributed by atoms with E-state index in [-0.39, 0.29) is 0 Å². The first-order valence-corrected chi connectivity index (χ1v) is 8.93. The summed E-state index contributed by atoms with van der Waals surface area (Å²) in [6.07, 6.45) is 2.26. The first-order valence-electron chi connectivity index (χ1n) is 8.11. The van der Waals surface area contributed by atoms with Crippen molar-refractivity contribution in [2.24, 2.45) is 0 Å². The number of thiazole rings is 1. The van der Waals surface area contributed by atoms with Gasteiger partial charge >= 0.3 is 0 Å². The highest BCUT2D eigenvalue weighted by Crippen LogP contribution is 2.30. The lowest BCUT2D eigenvalue weighted by Gasteiger charge is -2.36. The Hall–Kier alpha value is -0.490. The molecule has 4 nitrogen and oxygen atoms in total. The molecule has 120 valence electrons. The second-order valence-corrected chi connectivity index (χ2v) is 7.58. The molecule has 1 unspecified atom stereocenters. The van der Waals surface area contributed by atoms with Crippen molar-refractivity contribution in [3.05, 3.63) is 15.6 Å². The normalized spacial score (nSPS) is 21.3. The maximum absolute atomic E-state index is 5.00. The van der Waals surface area contributed by atoms with Crippen LogP contribution in [-0.2, 0) is 13.0 Å². The molecule has 1 fully saturated rings. The van der Waals surface area contributed by atoms with Crippen molar-refractivity contribution in [3.63, 3.8) is 0 Å². The van der Waals surface area contributed by atoms with E-state index in [4.69, 9.17) is 4.98 Å². The fourth-order valence-corrected chi connectivity index (χ4v) is 3.91. The Morgan fingerprint density at radius 3 is 2.76 bits per heavy atom. The van der Waals surface area contributed by atoms with E-state index >= 15 is 0 Å². The summed E-state index contributed by atoms with van der Waals surface area (Å²) in [5, 5.41) is 4.84. The van der Waals surface area contributed by atoms with Crippen LogP contribution in [0.15, 0.2) is 0 Å². The average Bonchev–Trinajstić information content (AvgIpc) is 2.83. The van der Waals surface area contributed by atoms with Crippen molar-refractivity contribution in [1.82, 2.24) is 20.1 Å². The van der Waals surface area contributed by atoms with E-state index in [0.717, 1.165) is 39.0 Å². The van der Waals surface area contributed by atoms with Gasteiger partial charge in [0.2, 0.25) is 0 Å². The molecular weight excluding hydrogens is 280 g/mol. The highest BCUT2D eigenvalue weighted by Gasteiger charge is 2.27. The molecule has 1 atom stereocenters. The number of nitrogens with zero attached hydrogens (tertiary/aromatic N) is 3. The van der Waals surface area contributed by atoms with Crippen LogP contribution >= 0.6 is 11.3 Å². The molecule has 0 aromatic carbocycles. The Balaban J connectivity index is 2.17. The summed E-state index contributed by atoms with van der Waals surface area (Å²) < 4.78 is 0. The molecule has 0 saturated carbocycles. The quantitative estimate of drug-likeness (QED) is 0.875. The van der Waals surface area contributed by atoms with E-state index in [1.807, 2.05) is 11.3 Å². The second kappa shape index (κ2) is 7.68. The molecule has 2 heterocycles. The summed E-state index contributed by atoms with van der Waals surface area (Å²) in [5.41, 5.74) is 1.31. The Morgan fingerprint density at radius 2 is 2.10 bits per heavy atom. The number of nitrogens with one attached hydrogen (secondary N) is 1. The van der Waals surface area contributed by atoms with E-state index < -0.39 is 0 Å². The van der Waals surface area contributed by atoms with Crippen LogP contribution in [0, 0.1) is 0 Å². The number of hydrogen-bond donors (Lipinski definition) is 1. The maximum Gasteiger partial charge on any atom is 0.112 e. The number of piperazine rings is 1. The molecule has 0 aliphatic carbocycles. The van der Waals surface area contributed by atoms with Crippen LogP contribution in [0.1, 0.15) is 48.8 Å². The first kappa shape index (κ1) is 16.9. The Kier molecular flexibility index (Phi) is 6.17. The lowest BCUT2D eigenvalue weighted by atomic mass is 10.2. The van der Waals surface area contributed by atoms with Crippen molar-refractivity contribution >= 4 is 11.3 Å². The van der Waals surface area contributed by atoms with E-state index in [0.29, 0.717) is 12.1 Å². The summed E-state index contributed by atoms with van der Waals surface area (Å²) >= 11 is 1.91. The van der Waals surface area contributed by atoms with E-state index in [1.54, 1.807) is 0 Å². The molecular formula is C16H30N4S. The molecule has 1 saturated heterocycles. The molecule has 2 rings (SSSR count). The lowest BCUT2D eigenvalue weighted by Crippen LogP contribution is -2.44. The second-order valence-electron chi connectivity index (χ2n) is 6.47. The van der Waals surface area contributed by atoms with Gasteiger partial charge in [-0.25, -0.2) is 4.98 Å².